The van der Waals surface area contributed by atoms with Crippen molar-refractivity contribution in [1.29, 1.82) is 0 Å². The molecular formula is C20H21N3O4S. The second kappa shape index (κ2) is 7.27. The lowest BCUT2D eigenvalue weighted by atomic mass is 10.1. The normalized spacial score (nSPS) is 18.2. The van der Waals surface area contributed by atoms with Crippen LogP contribution in [0.25, 0.3) is 5.65 Å². The number of hydrogen-bond donors (Lipinski definition) is 1. The summed E-state index contributed by atoms with van der Waals surface area (Å²) in [6.45, 7) is 2.22. The number of hydrogen-bond acceptors (Lipinski definition) is 5. The Morgan fingerprint density at radius 1 is 1.29 bits per heavy atom. The van der Waals surface area contributed by atoms with E-state index in [1.54, 1.807) is 24.3 Å². The third-order valence-electron chi connectivity index (χ3n) is 4.80. The molecule has 8 heteroatoms. The number of pyridine rings is 1. The average molecular weight is 399 g/mol. The van der Waals surface area contributed by atoms with Crippen LogP contribution in [0, 0.1) is 6.92 Å². The van der Waals surface area contributed by atoms with Crippen LogP contribution in [0.3, 0.4) is 0 Å². The number of aromatic nitrogens is 2. The first-order chi connectivity index (χ1) is 13.4. The van der Waals surface area contributed by atoms with Gasteiger partial charge < -0.3 is 14.5 Å². The van der Waals surface area contributed by atoms with E-state index >= 15 is 0 Å². The number of carbonyl (C=O) groups excluding carboxylic acids is 1. The maximum absolute atomic E-state index is 12.6. The van der Waals surface area contributed by atoms with E-state index in [2.05, 4.69) is 10.3 Å². The number of sulfone groups is 1. The molecule has 1 aromatic carbocycles. The number of nitrogens with zero attached hydrogens (tertiary/aromatic N) is 2. The van der Waals surface area contributed by atoms with Gasteiger partial charge in [0.25, 0.3) is 5.91 Å². The molecule has 1 N–H and O–H groups in total. The SMILES string of the molecule is Cc1cccn2cc(COc3ccccc3C(=O)NC3CCS(=O)(=O)C3)nc12. The van der Waals surface area contributed by atoms with Crippen molar-refractivity contribution in [3.63, 3.8) is 0 Å². The highest BCUT2D eigenvalue weighted by Gasteiger charge is 2.29. The molecule has 1 aliphatic heterocycles. The minimum atomic E-state index is -3.05. The molecule has 1 amide bonds. The summed E-state index contributed by atoms with van der Waals surface area (Å²) < 4.78 is 31.0. The Labute approximate surface area is 163 Å². The molecule has 0 spiro atoms. The van der Waals surface area contributed by atoms with E-state index in [4.69, 9.17) is 4.74 Å². The van der Waals surface area contributed by atoms with Gasteiger partial charge in [-0.3, -0.25) is 4.79 Å². The topological polar surface area (TPSA) is 89.8 Å². The molecule has 3 aromatic rings. The molecule has 28 heavy (non-hydrogen) atoms. The van der Waals surface area contributed by atoms with Crippen LogP contribution in [0.15, 0.2) is 48.8 Å². The zero-order valence-electron chi connectivity index (χ0n) is 15.5. The highest BCUT2D eigenvalue weighted by molar-refractivity contribution is 7.91. The third-order valence-corrected chi connectivity index (χ3v) is 6.57. The van der Waals surface area contributed by atoms with Gasteiger partial charge in [0.2, 0.25) is 0 Å². The van der Waals surface area contributed by atoms with Crippen LogP contribution in [0.2, 0.25) is 0 Å². The van der Waals surface area contributed by atoms with E-state index in [-0.39, 0.29) is 30.1 Å². The summed E-state index contributed by atoms with van der Waals surface area (Å²) in [6, 6.07) is 10.5. The zero-order valence-corrected chi connectivity index (χ0v) is 16.3. The van der Waals surface area contributed by atoms with Crippen LogP contribution in [-0.4, -0.2) is 41.3 Å². The Kier molecular flexibility index (Phi) is 4.80. The van der Waals surface area contributed by atoms with Crippen molar-refractivity contribution >= 4 is 21.4 Å². The molecule has 1 aliphatic rings. The van der Waals surface area contributed by atoms with Crippen molar-refractivity contribution in [2.45, 2.75) is 26.0 Å². The van der Waals surface area contributed by atoms with Crippen molar-refractivity contribution in [3.8, 4) is 5.75 Å². The van der Waals surface area contributed by atoms with E-state index in [9.17, 15) is 13.2 Å². The number of rotatable bonds is 5. The van der Waals surface area contributed by atoms with Crippen molar-refractivity contribution in [3.05, 3.63) is 65.6 Å². The fourth-order valence-electron chi connectivity index (χ4n) is 3.38. The minimum absolute atomic E-state index is 0.0115. The smallest absolute Gasteiger partial charge is 0.255 e. The van der Waals surface area contributed by atoms with E-state index in [1.165, 1.54) is 0 Å². The Hall–Kier alpha value is -2.87. The predicted octanol–water partition coefficient (Wildman–Crippen LogP) is 2.14. The average Bonchev–Trinajstić information content (AvgIpc) is 3.23. The van der Waals surface area contributed by atoms with E-state index in [0.717, 1.165) is 16.9 Å². The monoisotopic (exact) mass is 399 g/mol. The van der Waals surface area contributed by atoms with Gasteiger partial charge in [-0.1, -0.05) is 18.2 Å². The number of amides is 1. The lowest BCUT2D eigenvalue weighted by Crippen LogP contribution is -2.35. The molecule has 2 aromatic heterocycles. The Morgan fingerprint density at radius 2 is 2.11 bits per heavy atom. The standard InChI is InChI=1S/C20H21N3O4S/c1-14-5-4-9-23-11-16(21-19(14)23)12-27-18-7-3-2-6-17(18)20(24)22-15-8-10-28(25,26)13-15/h2-7,9,11,15H,8,10,12-13H2,1H3,(H,22,24). The van der Waals surface area contributed by atoms with Gasteiger partial charge in [0, 0.05) is 18.4 Å². The highest BCUT2D eigenvalue weighted by Crippen LogP contribution is 2.21. The Balaban J connectivity index is 1.48. The van der Waals surface area contributed by atoms with Crippen molar-refractivity contribution < 1.29 is 17.9 Å². The first-order valence-corrected chi connectivity index (χ1v) is 10.9. The second-order valence-corrected chi connectivity index (χ2v) is 9.24. The molecule has 1 atom stereocenters. The predicted molar refractivity (Wildman–Crippen MR) is 105 cm³/mol. The molecular weight excluding hydrogens is 378 g/mol. The maximum Gasteiger partial charge on any atom is 0.255 e. The van der Waals surface area contributed by atoms with Gasteiger partial charge >= 0.3 is 0 Å². The van der Waals surface area contributed by atoms with Gasteiger partial charge in [-0.15, -0.1) is 0 Å². The molecule has 0 saturated carbocycles. The summed E-state index contributed by atoms with van der Waals surface area (Å²) in [5.74, 6) is 0.212. The summed E-state index contributed by atoms with van der Waals surface area (Å²) in [6.07, 6.45) is 4.27. The van der Waals surface area contributed by atoms with Crippen molar-refractivity contribution in [1.82, 2.24) is 14.7 Å². The molecule has 4 rings (SSSR count). The first-order valence-electron chi connectivity index (χ1n) is 9.07. The third kappa shape index (κ3) is 3.87. The van der Waals surface area contributed by atoms with Gasteiger partial charge in [-0.2, -0.15) is 0 Å². The van der Waals surface area contributed by atoms with Crippen LogP contribution in [0.4, 0.5) is 0 Å². The lowest BCUT2D eigenvalue weighted by Gasteiger charge is -2.14. The molecule has 7 nitrogen and oxygen atoms in total. The molecule has 146 valence electrons. The van der Waals surface area contributed by atoms with Crippen LogP contribution in [0.1, 0.15) is 28.0 Å². The summed E-state index contributed by atoms with van der Waals surface area (Å²) in [7, 11) is -3.05. The Morgan fingerprint density at radius 3 is 2.86 bits per heavy atom. The van der Waals surface area contributed by atoms with Crippen LogP contribution >= 0.6 is 0 Å². The summed E-state index contributed by atoms with van der Waals surface area (Å²) in [4.78, 5) is 17.2. The number of aryl methyl sites for hydroxylation is 1. The van der Waals surface area contributed by atoms with Gasteiger partial charge in [-0.25, -0.2) is 13.4 Å². The molecule has 1 saturated heterocycles. The molecule has 1 unspecified atom stereocenters. The van der Waals surface area contributed by atoms with Crippen LogP contribution in [-0.2, 0) is 16.4 Å². The van der Waals surface area contributed by atoms with E-state index in [0.29, 0.717) is 17.7 Å². The van der Waals surface area contributed by atoms with Crippen molar-refractivity contribution in [2.24, 2.45) is 0 Å². The number of carbonyl (C=O) groups is 1. The first kappa shape index (κ1) is 18.5. The van der Waals surface area contributed by atoms with Gasteiger partial charge in [0.05, 0.1) is 22.8 Å². The largest absolute Gasteiger partial charge is 0.486 e. The number of benzene rings is 1. The van der Waals surface area contributed by atoms with Crippen molar-refractivity contribution in [2.75, 3.05) is 11.5 Å². The molecule has 0 bridgehead atoms. The number of nitrogens with one attached hydrogen (secondary N) is 1. The summed E-state index contributed by atoms with van der Waals surface area (Å²) >= 11 is 0. The Bertz CT molecular complexity index is 1140. The van der Waals surface area contributed by atoms with E-state index in [1.807, 2.05) is 35.9 Å². The quantitative estimate of drug-likeness (QED) is 0.710. The number of fused-ring (bicyclic) bond motifs is 1. The van der Waals surface area contributed by atoms with Gasteiger partial charge in [0.15, 0.2) is 9.84 Å². The summed E-state index contributed by atoms with van der Waals surface area (Å²) in [5.41, 5.74) is 3.08. The van der Waals surface area contributed by atoms with Crippen LogP contribution < -0.4 is 10.1 Å². The molecule has 3 heterocycles. The van der Waals surface area contributed by atoms with Gasteiger partial charge in [-0.05, 0) is 37.1 Å². The van der Waals surface area contributed by atoms with Gasteiger partial charge in [0.1, 0.15) is 18.0 Å². The number of ether oxygens (including phenoxy) is 1. The molecule has 0 aliphatic carbocycles. The fourth-order valence-corrected chi connectivity index (χ4v) is 5.05. The zero-order chi connectivity index (χ0) is 19.7. The van der Waals surface area contributed by atoms with E-state index < -0.39 is 9.84 Å². The molecule has 1 fully saturated rings. The lowest BCUT2D eigenvalue weighted by molar-refractivity contribution is 0.0936. The highest BCUT2D eigenvalue weighted by atomic mass is 32.2. The number of imidazole rings is 1. The maximum atomic E-state index is 12.6. The van der Waals surface area contributed by atoms with Crippen LogP contribution in [0.5, 0.6) is 5.75 Å². The summed E-state index contributed by atoms with van der Waals surface area (Å²) in [5, 5.41) is 2.80. The second-order valence-electron chi connectivity index (χ2n) is 7.01. The molecule has 0 radical (unpaired) electrons. The number of para-hydroxylation sites is 1. The minimum Gasteiger partial charge on any atom is -0.486 e. The fraction of sp³-hybridized carbons (Fsp3) is 0.300.